The van der Waals surface area contributed by atoms with E-state index in [1.165, 1.54) is 12.1 Å². The molecule has 0 amide bonds. The van der Waals surface area contributed by atoms with E-state index >= 15 is 0 Å². The van der Waals surface area contributed by atoms with Gasteiger partial charge in [0.15, 0.2) is 0 Å². The first-order valence-electron chi connectivity index (χ1n) is 5.80. The van der Waals surface area contributed by atoms with Gasteiger partial charge in [-0.3, -0.25) is 0 Å². The lowest BCUT2D eigenvalue weighted by atomic mass is 10.1. The molecular formula is C12H9ClN2O5S. The third-order valence-corrected chi connectivity index (χ3v) is 3.44. The van der Waals surface area contributed by atoms with Crippen LogP contribution in [0.25, 0.3) is 0 Å². The molecule has 7 nitrogen and oxygen atoms in total. The first kappa shape index (κ1) is 14.1. The highest BCUT2D eigenvalue weighted by atomic mass is 35.5. The van der Waals surface area contributed by atoms with Crippen LogP contribution in [0.5, 0.6) is 0 Å². The summed E-state index contributed by atoms with van der Waals surface area (Å²) in [6.45, 7) is 0.343. The van der Waals surface area contributed by atoms with Gasteiger partial charge < -0.3 is 14.8 Å². The largest absolute Gasteiger partial charge is 0.478 e. The number of aromatic carboxylic acids is 1. The van der Waals surface area contributed by atoms with Crippen LogP contribution in [0.15, 0.2) is 34.9 Å². The molecule has 2 heterocycles. The quantitative estimate of drug-likeness (QED) is 0.807. The van der Waals surface area contributed by atoms with E-state index in [1.807, 2.05) is 0 Å². The predicted molar refractivity (Wildman–Crippen MR) is 76.7 cm³/mol. The standard InChI is InChI=1S/C12H9ClN2O5S/c13-9-5-10(14-6-7-2-1-3-18-7)8(12(16)17)4-11(9)15-19-21-20-15/h1-5,14H,6H2,(H,16,17). The van der Waals surface area contributed by atoms with Gasteiger partial charge in [-0.1, -0.05) is 16.8 Å². The molecule has 1 saturated heterocycles. The lowest BCUT2D eigenvalue weighted by Crippen LogP contribution is -2.27. The van der Waals surface area contributed by atoms with Crippen molar-refractivity contribution in [3.63, 3.8) is 0 Å². The number of carboxylic acids is 1. The van der Waals surface area contributed by atoms with Crippen molar-refractivity contribution in [2.24, 2.45) is 0 Å². The number of hydrogen-bond donors (Lipinski definition) is 2. The van der Waals surface area contributed by atoms with Crippen molar-refractivity contribution in [2.75, 3.05) is 10.5 Å². The highest BCUT2D eigenvalue weighted by molar-refractivity contribution is 7.90. The van der Waals surface area contributed by atoms with E-state index < -0.39 is 5.97 Å². The van der Waals surface area contributed by atoms with Crippen molar-refractivity contribution in [3.05, 3.63) is 46.9 Å². The molecule has 0 unspecified atom stereocenters. The fraction of sp³-hybridized carbons (Fsp3) is 0.0833. The molecule has 0 saturated carbocycles. The summed E-state index contributed by atoms with van der Waals surface area (Å²) in [5.74, 6) is -0.416. The molecular weight excluding hydrogens is 320 g/mol. The van der Waals surface area contributed by atoms with E-state index in [-0.39, 0.29) is 5.56 Å². The summed E-state index contributed by atoms with van der Waals surface area (Å²) in [6.07, 6.45) is 1.54. The third-order valence-electron chi connectivity index (χ3n) is 2.74. The number of nitrogens with zero attached hydrogens (tertiary/aromatic N) is 1. The molecule has 0 spiro atoms. The minimum atomic E-state index is -1.09. The van der Waals surface area contributed by atoms with Crippen molar-refractivity contribution < 1.29 is 22.9 Å². The van der Waals surface area contributed by atoms with E-state index in [9.17, 15) is 9.90 Å². The van der Waals surface area contributed by atoms with Crippen LogP contribution in [-0.4, -0.2) is 11.1 Å². The normalized spacial score (nSPS) is 13.9. The fourth-order valence-corrected chi connectivity index (χ4v) is 2.28. The fourth-order valence-electron chi connectivity index (χ4n) is 1.76. The van der Waals surface area contributed by atoms with Crippen molar-refractivity contribution in [1.29, 1.82) is 0 Å². The van der Waals surface area contributed by atoms with Crippen LogP contribution in [-0.2, 0) is 15.1 Å². The summed E-state index contributed by atoms with van der Waals surface area (Å²) < 4.78 is 15.0. The SMILES string of the molecule is O=C(O)c1cc(N2OSO2)c(Cl)cc1NCc1ccco1. The molecule has 9 heteroatoms. The Morgan fingerprint density at radius 2 is 2.24 bits per heavy atom. The van der Waals surface area contributed by atoms with Crippen LogP contribution in [0.1, 0.15) is 16.1 Å². The number of anilines is 2. The Labute approximate surface area is 128 Å². The van der Waals surface area contributed by atoms with Crippen LogP contribution in [0.4, 0.5) is 11.4 Å². The third kappa shape index (κ3) is 2.93. The molecule has 3 rings (SSSR count). The molecule has 2 aromatic rings. The Morgan fingerprint density at radius 3 is 2.81 bits per heavy atom. The second-order valence-corrected chi connectivity index (χ2v) is 4.90. The number of carbonyl (C=O) groups is 1. The summed E-state index contributed by atoms with van der Waals surface area (Å²) in [5.41, 5.74) is 0.738. The molecule has 0 atom stereocenters. The molecule has 0 bridgehead atoms. The van der Waals surface area contributed by atoms with Crippen LogP contribution in [0.3, 0.4) is 0 Å². The monoisotopic (exact) mass is 328 g/mol. The maximum Gasteiger partial charge on any atom is 0.337 e. The molecule has 1 aliphatic heterocycles. The Balaban J connectivity index is 1.87. The van der Waals surface area contributed by atoms with Gasteiger partial charge in [-0.2, -0.15) is 0 Å². The average molecular weight is 329 g/mol. The molecule has 1 aromatic carbocycles. The average Bonchev–Trinajstić information content (AvgIpc) is 2.89. The smallest absolute Gasteiger partial charge is 0.337 e. The van der Waals surface area contributed by atoms with Gasteiger partial charge >= 0.3 is 5.97 Å². The van der Waals surface area contributed by atoms with Gasteiger partial charge in [0.25, 0.3) is 0 Å². The lowest BCUT2D eigenvalue weighted by molar-refractivity contribution is 0.0269. The minimum absolute atomic E-state index is 0.0463. The number of nitrogens with one attached hydrogen (secondary N) is 1. The zero-order chi connectivity index (χ0) is 14.8. The first-order chi connectivity index (χ1) is 10.1. The highest BCUT2D eigenvalue weighted by Gasteiger charge is 2.26. The topological polar surface area (TPSA) is 84.2 Å². The van der Waals surface area contributed by atoms with Gasteiger partial charge in [-0.15, -0.1) is 8.57 Å². The van der Waals surface area contributed by atoms with Gasteiger partial charge in [0.1, 0.15) is 11.4 Å². The Morgan fingerprint density at radius 1 is 1.43 bits per heavy atom. The summed E-state index contributed by atoms with van der Waals surface area (Å²) in [5, 5.41) is 13.6. The summed E-state index contributed by atoms with van der Waals surface area (Å²) in [4.78, 5) is 11.4. The van der Waals surface area contributed by atoms with Crippen LogP contribution in [0.2, 0.25) is 5.02 Å². The van der Waals surface area contributed by atoms with Crippen molar-refractivity contribution >= 4 is 41.3 Å². The maximum atomic E-state index is 11.4. The number of benzene rings is 1. The Kier molecular flexibility index (Phi) is 3.93. The molecule has 1 fully saturated rings. The zero-order valence-corrected chi connectivity index (χ0v) is 12.0. The van der Waals surface area contributed by atoms with E-state index in [1.54, 1.807) is 18.4 Å². The Hall–Kier alpha value is -1.87. The van der Waals surface area contributed by atoms with Crippen molar-refractivity contribution in [1.82, 2.24) is 0 Å². The molecule has 21 heavy (non-hydrogen) atoms. The molecule has 0 radical (unpaired) electrons. The van der Waals surface area contributed by atoms with Gasteiger partial charge in [0.2, 0.25) is 12.3 Å². The van der Waals surface area contributed by atoms with Crippen LogP contribution in [0, 0.1) is 0 Å². The maximum absolute atomic E-state index is 11.4. The molecule has 1 aromatic heterocycles. The second kappa shape index (κ2) is 5.86. The van der Waals surface area contributed by atoms with E-state index in [0.717, 1.165) is 17.6 Å². The molecule has 2 N–H and O–H groups in total. The molecule has 0 aliphatic carbocycles. The van der Waals surface area contributed by atoms with E-state index in [4.69, 9.17) is 24.6 Å². The highest BCUT2D eigenvalue weighted by Crippen LogP contribution is 2.38. The number of rotatable bonds is 5. The van der Waals surface area contributed by atoms with Crippen LogP contribution >= 0.6 is 23.9 Å². The number of carboxylic acid groups (broad SMARTS) is 1. The first-order valence-corrected chi connectivity index (χ1v) is 6.84. The van der Waals surface area contributed by atoms with Crippen molar-refractivity contribution in [2.45, 2.75) is 6.54 Å². The second-order valence-electron chi connectivity index (χ2n) is 4.06. The van der Waals surface area contributed by atoms with E-state index in [0.29, 0.717) is 28.7 Å². The van der Waals surface area contributed by atoms with E-state index in [2.05, 4.69) is 5.32 Å². The van der Waals surface area contributed by atoms with Gasteiger partial charge in [-0.25, -0.2) is 4.79 Å². The minimum Gasteiger partial charge on any atom is -0.478 e. The van der Waals surface area contributed by atoms with Gasteiger partial charge in [0, 0.05) is 0 Å². The van der Waals surface area contributed by atoms with Crippen molar-refractivity contribution in [3.8, 4) is 0 Å². The summed E-state index contributed by atoms with van der Waals surface area (Å²) in [7, 11) is 0. The number of hydrogen-bond acceptors (Lipinski definition) is 7. The number of halogens is 1. The predicted octanol–water partition coefficient (Wildman–Crippen LogP) is 3.49. The van der Waals surface area contributed by atoms with Crippen LogP contribution < -0.4 is 10.5 Å². The zero-order valence-electron chi connectivity index (χ0n) is 10.4. The number of furan rings is 1. The lowest BCUT2D eigenvalue weighted by Gasteiger charge is -2.27. The summed E-state index contributed by atoms with van der Waals surface area (Å²) >= 11 is 6.87. The Bertz CT molecular complexity index is 660. The summed E-state index contributed by atoms with van der Waals surface area (Å²) in [6, 6.07) is 6.40. The molecule has 1 aliphatic rings. The van der Waals surface area contributed by atoms with Gasteiger partial charge in [-0.05, 0) is 24.3 Å². The molecule has 110 valence electrons. The van der Waals surface area contributed by atoms with Gasteiger partial charge in [0.05, 0.1) is 29.1 Å².